The van der Waals surface area contributed by atoms with E-state index in [4.69, 9.17) is 0 Å². The molecule has 0 radical (unpaired) electrons. The van der Waals surface area contributed by atoms with Crippen LogP contribution in [-0.2, 0) is 6.42 Å². The van der Waals surface area contributed by atoms with E-state index in [2.05, 4.69) is 18.2 Å². The first kappa shape index (κ1) is 9.34. The number of hydrogen-bond donors (Lipinski definition) is 0. The largest absolute Gasteiger partial charge is 0.206 e. The van der Waals surface area contributed by atoms with Crippen molar-refractivity contribution in [3.05, 3.63) is 65.5 Å². The summed E-state index contributed by atoms with van der Waals surface area (Å²) in [6.07, 6.45) is 5.16. The molecule has 0 aromatic heterocycles. The second kappa shape index (κ2) is 3.60. The summed E-state index contributed by atoms with van der Waals surface area (Å²) in [5, 5.41) is 0. The van der Waals surface area contributed by atoms with Crippen LogP contribution in [0, 0.1) is 5.82 Å². The number of rotatable bonds is 1. The second-order valence-electron chi connectivity index (χ2n) is 3.96. The predicted octanol–water partition coefficient (Wildman–Crippen LogP) is 4.06. The molecule has 1 aliphatic carbocycles. The summed E-state index contributed by atoms with van der Waals surface area (Å²) in [6, 6.07) is 13.0. The average molecular weight is 210 g/mol. The molecule has 0 saturated carbocycles. The Kier molecular flexibility index (Phi) is 2.10. The highest BCUT2D eigenvalue weighted by molar-refractivity contribution is 5.79. The van der Waals surface area contributed by atoms with Gasteiger partial charge in [-0.3, -0.25) is 0 Å². The van der Waals surface area contributed by atoms with Crippen LogP contribution in [0.4, 0.5) is 4.39 Å². The molecule has 2 aromatic carbocycles. The standard InChI is InChI=1S/C15H11F/c16-15-10-2-1-7-14(15)13-9-4-6-11-5-3-8-12(11)13/h1-4,6-10H,5H2. The molecule has 0 heterocycles. The lowest BCUT2D eigenvalue weighted by atomic mass is 9.97. The fourth-order valence-corrected chi connectivity index (χ4v) is 2.21. The summed E-state index contributed by atoms with van der Waals surface area (Å²) >= 11 is 0. The van der Waals surface area contributed by atoms with Crippen LogP contribution in [0.2, 0.25) is 0 Å². The number of benzene rings is 2. The van der Waals surface area contributed by atoms with Crippen molar-refractivity contribution in [2.45, 2.75) is 6.42 Å². The van der Waals surface area contributed by atoms with Gasteiger partial charge in [0.2, 0.25) is 0 Å². The van der Waals surface area contributed by atoms with Gasteiger partial charge in [0.25, 0.3) is 0 Å². The summed E-state index contributed by atoms with van der Waals surface area (Å²) in [4.78, 5) is 0. The lowest BCUT2D eigenvalue weighted by Crippen LogP contribution is -1.89. The molecular weight excluding hydrogens is 199 g/mol. The van der Waals surface area contributed by atoms with Crippen LogP contribution in [0.3, 0.4) is 0 Å². The third-order valence-corrected chi connectivity index (χ3v) is 2.98. The highest BCUT2D eigenvalue weighted by atomic mass is 19.1. The van der Waals surface area contributed by atoms with E-state index in [0.717, 1.165) is 17.5 Å². The Hall–Kier alpha value is -1.89. The molecule has 0 amide bonds. The van der Waals surface area contributed by atoms with Crippen molar-refractivity contribution in [1.29, 1.82) is 0 Å². The van der Waals surface area contributed by atoms with Crippen LogP contribution in [0.25, 0.3) is 17.2 Å². The van der Waals surface area contributed by atoms with Gasteiger partial charge in [-0.25, -0.2) is 4.39 Å². The van der Waals surface area contributed by atoms with Crippen molar-refractivity contribution in [2.24, 2.45) is 0 Å². The Morgan fingerprint density at radius 3 is 2.56 bits per heavy atom. The molecular formula is C15H11F. The Labute approximate surface area is 94.1 Å². The highest BCUT2D eigenvalue weighted by Gasteiger charge is 2.12. The third-order valence-electron chi connectivity index (χ3n) is 2.98. The summed E-state index contributed by atoms with van der Waals surface area (Å²) in [5.74, 6) is -0.156. The molecule has 1 aliphatic rings. The Balaban J connectivity index is 2.25. The number of hydrogen-bond acceptors (Lipinski definition) is 0. The zero-order valence-electron chi connectivity index (χ0n) is 8.78. The maximum Gasteiger partial charge on any atom is 0.131 e. The molecule has 0 saturated heterocycles. The van der Waals surface area contributed by atoms with Crippen molar-refractivity contribution < 1.29 is 4.39 Å². The number of fused-ring (bicyclic) bond motifs is 1. The fraction of sp³-hybridized carbons (Fsp3) is 0.0667. The molecule has 0 spiro atoms. The van der Waals surface area contributed by atoms with Crippen LogP contribution in [0.15, 0.2) is 48.5 Å². The molecule has 3 rings (SSSR count). The maximum absolute atomic E-state index is 13.7. The van der Waals surface area contributed by atoms with Crippen LogP contribution in [-0.4, -0.2) is 0 Å². The van der Waals surface area contributed by atoms with Crippen LogP contribution in [0.1, 0.15) is 11.1 Å². The first-order valence-electron chi connectivity index (χ1n) is 5.39. The SMILES string of the molecule is Fc1ccccc1-c1cccc2c1C=CC2. The van der Waals surface area contributed by atoms with Gasteiger partial charge >= 0.3 is 0 Å². The van der Waals surface area contributed by atoms with E-state index in [9.17, 15) is 4.39 Å². The predicted molar refractivity (Wildman–Crippen MR) is 64.6 cm³/mol. The third kappa shape index (κ3) is 1.36. The minimum atomic E-state index is -0.156. The zero-order valence-corrected chi connectivity index (χ0v) is 8.78. The normalized spacial score (nSPS) is 12.8. The summed E-state index contributed by atoms with van der Waals surface area (Å²) in [7, 11) is 0. The minimum Gasteiger partial charge on any atom is -0.206 e. The Morgan fingerprint density at radius 2 is 1.69 bits per heavy atom. The van der Waals surface area contributed by atoms with E-state index in [-0.39, 0.29) is 5.82 Å². The summed E-state index contributed by atoms with van der Waals surface area (Å²) in [5.41, 5.74) is 4.11. The van der Waals surface area contributed by atoms with E-state index >= 15 is 0 Å². The monoisotopic (exact) mass is 210 g/mol. The molecule has 0 N–H and O–H groups in total. The first-order chi connectivity index (χ1) is 7.86. The van der Waals surface area contributed by atoms with Gasteiger partial charge in [-0.1, -0.05) is 48.6 Å². The van der Waals surface area contributed by atoms with Gasteiger partial charge in [-0.2, -0.15) is 0 Å². The van der Waals surface area contributed by atoms with Crippen molar-refractivity contribution >= 4 is 6.08 Å². The minimum absolute atomic E-state index is 0.156. The van der Waals surface area contributed by atoms with E-state index in [1.54, 1.807) is 6.07 Å². The smallest absolute Gasteiger partial charge is 0.131 e. The molecule has 78 valence electrons. The molecule has 1 heteroatoms. The molecule has 0 unspecified atom stereocenters. The first-order valence-corrected chi connectivity index (χ1v) is 5.39. The quantitative estimate of drug-likeness (QED) is 0.665. The van der Waals surface area contributed by atoms with Crippen LogP contribution >= 0.6 is 0 Å². The van der Waals surface area contributed by atoms with Crippen molar-refractivity contribution in [3.63, 3.8) is 0 Å². The lowest BCUT2D eigenvalue weighted by molar-refractivity contribution is 0.631. The van der Waals surface area contributed by atoms with Gasteiger partial charge in [-0.05, 0) is 29.2 Å². The average Bonchev–Trinajstić information content (AvgIpc) is 2.77. The van der Waals surface area contributed by atoms with Crippen molar-refractivity contribution in [1.82, 2.24) is 0 Å². The van der Waals surface area contributed by atoms with Gasteiger partial charge in [0.05, 0.1) is 0 Å². The Morgan fingerprint density at radius 1 is 0.875 bits per heavy atom. The van der Waals surface area contributed by atoms with Crippen molar-refractivity contribution in [3.8, 4) is 11.1 Å². The lowest BCUT2D eigenvalue weighted by Gasteiger charge is -2.08. The van der Waals surface area contributed by atoms with Crippen LogP contribution < -0.4 is 0 Å². The van der Waals surface area contributed by atoms with E-state index < -0.39 is 0 Å². The molecule has 0 nitrogen and oxygen atoms in total. The number of allylic oxidation sites excluding steroid dienone is 1. The van der Waals surface area contributed by atoms with Crippen molar-refractivity contribution in [2.75, 3.05) is 0 Å². The number of halogens is 1. The Bertz CT molecular complexity index is 567. The van der Waals surface area contributed by atoms with Gasteiger partial charge in [-0.15, -0.1) is 0 Å². The van der Waals surface area contributed by atoms with E-state index in [1.807, 2.05) is 24.3 Å². The zero-order chi connectivity index (χ0) is 11.0. The molecule has 0 bridgehead atoms. The molecule has 0 fully saturated rings. The maximum atomic E-state index is 13.7. The van der Waals surface area contributed by atoms with Gasteiger partial charge in [0, 0.05) is 5.56 Å². The van der Waals surface area contributed by atoms with Gasteiger partial charge in [0.15, 0.2) is 0 Å². The highest BCUT2D eigenvalue weighted by Crippen LogP contribution is 2.32. The molecule has 0 atom stereocenters. The molecule has 0 aliphatic heterocycles. The topological polar surface area (TPSA) is 0 Å². The summed E-state index contributed by atoms with van der Waals surface area (Å²) in [6.45, 7) is 0. The fourth-order valence-electron chi connectivity index (χ4n) is 2.21. The molecule has 2 aromatic rings. The van der Waals surface area contributed by atoms with Crippen LogP contribution in [0.5, 0.6) is 0 Å². The molecule has 16 heavy (non-hydrogen) atoms. The van der Waals surface area contributed by atoms with E-state index in [0.29, 0.717) is 5.56 Å². The second-order valence-corrected chi connectivity index (χ2v) is 3.96. The summed E-state index contributed by atoms with van der Waals surface area (Å²) < 4.78 is 13.7. The van der Waals surface area contributed by atoms with Gasteiger partial charge < -0.3 is 0 Å². The van der Waals surface area contributed by atoms with Gasteiger partial charge in [0.1, 0.15) is 5.82 Å². The van der Waals surface area contributed by atoms with E-state index in [1.165, 1.54) is 11.6 Å².